The first-order chi connectivity index (χ1) is 7.35. The van der Waals surface area contributed by atoms with Crippen LogP contribution in [0.5, 0.6) is 0 Å². The zero-order chi connectivity index (χ0) is 11.4. The summed E-state index contributed by atoms with van der Waals surface area (Å²) in [7, 11) is 0. The van der Waals surface area contributed by atoms with Gasteiger partial charge in [0.05, 0.1) is 0 Å². The summed E-state index contributed by atoms with van der Waals surface area (Å²) in [4.78, 5) is 0. The van der Waals surface area contributed by atoms with Crippen LogP contribution in [-0.4, -0.2) is 6.54 Å². The molecule has 2 N–H and O–H groups in total. The van der Waals surface area contributed by atoms with Crippen molar-refractivity contribution in [2.24, 2.45) is 11.7 Å². The van der Waals surface area contributed by atoms with Gasteiger partial charge in [-0.05, 0) is 25.3 Å². The van der Waals surface area contributed by atoms with Crippen molar-refractivity contribution in [3.05, 3.63) is 0 Å². The Kier molecular flexibility index (Phi) is 12.0. The molecule has 1 nitrogen and oxygen atoms in total. The molecule has 0 saturated heterocycles. The molecule has 0 rings (SSSR count). The SMILES string of the molecule is CCCCCCCCCC(CN)CCC. The molecule has 15 heavy (non-hydrogen) atoms. The lowest BCUT2D eigenvalue weighted by Gasteiger charge is -2.12. The highest BCUT2D eigenvalue weighted by molar-refractivity contribution is 4.59. The van der Waals surface area contributed by atoms with Gasteiger partial charge in [0.1, 0.15) is 0 Å². The molecule has 1 atom stereocenters. The van der Waals surface area contributed by atoms with Crippen LogP contribution in [0.3, 0.4) is 0 Å². The monoisotopic (exact) mass is 213 g/mol. The molecule has 0 amide bonds. The molecule has 0 saturated carbocycles. The Bertz CT molecular complexity index is 112. The topological polar surface area (TPSA) is 26.0 Å². The van der Waals surface area contributed by atoms with Crippen molar-refractivity contribution in [3.63, 3.8) is 0 Å². The average Bonchev–Trinajstić information content (AvgIpc) is 2.26. The molecule has 1 unspecified atom stereocenters. The number of hydrogen-bond acceptors (Lipinski definition) is 1. The second-order valence-electron chi connectivity index (χ2n) is 4.80. The van der Waals surface area contributed by atoms with Gasteiger partial charge in [-0.15, -0.1) is 0 Å². The van der Waals surface area contributed by atoms with E-state index in [0.29, 0.717) is 0 Å². The first kappa shape index (κ1) is 15.0. The Morgan fingerprint density at radius 1 is 0.733 bits per heavy atom. The maximum Gasteiger partial charge on any atom is -0.00489 e. The summed E-state index contributed by atoms with van der Waals surface area (Å²) in [6.07, 6.45) is 13.9. The lowest BCUT2D eigenvalue weighted by Crippen LogP contribution is -2.13. The van der Waals surface area contributed by atoms with E-state index >= 15 is 0 Å². The predicted octanol–water partition coefficient (Wildman–Crippen LogP) is 4.50. The summed E-state index contributed by atoms with van der Waals surface area (Å²) in [5, 5.41) is 0. The lowest BCUT2D eigenvalue weighted by atomic mass is 9.96. The zero-order valence-corrected chi connectivity index (χ0v) is 10.9. The van der Waals surface area contributed by atoms with Crippen molar-refractivity contribution >= 4 is 0 Å². The van der Waals surface area contributed by atoms with E-state index in [-0.39, 0.29) is 0 Å². The van der Waals surface area contributed by atoms with Gasteiger partial charge in [0.15, 0.2) is 0 Å². The van der Waals surface area contributed by atoms with Gasteiger partial charge >= 0.3 is 0 Å². The summed E-state index contributed by atoms with van der Waals surface area (Å²) in [5.74, 6) is 0.797. The van der Waals surface area contributed by atoms with Gasteiger partial charge in [0.2, 0.25) is 0 Å². The van der Waals surface area contributed by atoms with E-state index in [0.717, 1.165) is 12.5 Å². The summed E-state index contributed by atoms with van der Waals surface area (Å²) in [5.41, 5.74) is 5.74. The van der Waals surface area contributed by atoms with Crippen LogP contribution in [0.1, 0.15) is 78.1 Å². The number of rotatable bonds is 11. The van der Waals surface area contributed by atoms with Crippen LogP contribution in [0, 0.1) is 5.92 Å². The molecule has 1 heteroatoms. The van der Waals surface area contributed by atoms with Crippen molar-refractivity contribution < 1.29 is 0 Å². The predicted molar refractivity (Wildman–Crippen MR) is 70.1 cm³/mol. The minimum Gasteiger partial charge on any atom is -0.330 e. The number of unbranched alkanes of at least 4 members (excludes halogenated alkanes) is 6. The van der Waals surface area contributed by atoms with Gasteiger partial charge in [0, 0.05) is 0 Å². The van der Waals surface area contributed by atoms with E-state index in [1.165, 1.54) is 64.2 Å². The summed E-state index contributed by atoms with van der Waals surface area (Å²) >= 11 is 0. The Balaban J connectivity index is 3.14. The first-order valence-corrected chi connectivity index (χ1v) is 7.05. The maximum absolute atomic E-state index is 5.74. The molecular formula is C14H31N. The van der Waals surface area contributed by atoms with E-state index in [9.17, 15) is 0 Å². The summed E-state index contributed by atoms with van der Waals surface area (Å²) in [6.45, 7) is 5.42. The standard InChI is InChI=1S/C14H31N/c1-3-5-6-7-8-9-10-12-14(13-15)11-4-2/h14H,3-13,15H2,1-2H3. The molecule has 0 bridgehead atoms. The highest BCUT2D eigenvalue weighted by Crippen LogP contribution is 2.15. The molecule has 0 radical (unpaired) electrons. The van der Waals surface area contributed by atoms with Crippen molar-refractivity contribution in [1.82, 2.24) is 0 Å². The van der Waals surface area contributed by atoms with Crippen LogP contribution in [0.4, 0.5) is 0 Å². The number of nitrogens with two attached hydrogens (primary N) is 1. The molecule has 0 aliphatic carbocycles. The normalized spacial score (nSPS) is 13.0. The Morgan fingerprint density at radius 3 is 1.87 bits per heavy atom. The zero-order valence-electron chi connectivity index (χ0n) is 10.9. The van der Waals surface area contributed by atoms with Gasteiger partial charge in [-0.25, -0.2) is 0 Å². The minimum atomic E-state index is 0.797. The second-order valence-corrected chi connectivity index (χ2v) is 4.80. The third-order valence-electron chi connectivity index (χ3n) is 3.25. The third-order valence-corrected chi connectivity index (χ3v) is 3.25. The smallest absolute Gasteiger partial charge is 0.00489 e. The molecule has 0 aromatic carbocycles. The maximum atomic E-state index is 5.74. The van der Waals surface area contributed by atoms with E-state index in [1.807, 2.05) is 0 Å². The molecule has 0 aliphatic heterocycles. The van der Waals surface area contributed by atoms with Crippen LogP contribution in [0.15, 0.2) is 0 Å². The molecule has 0 aliphatic rings. The fraction of sp³-hybridized carbons (Fsp3) is 1.00. The van der Waals surface area contributed by atoms with Crippen molar-refractivity contribution in [2.45, 2.75) is 78.1 Å². The molecule has 0 heterocycles. The van der Waals surface area contributed by atoms with E-state index in [4.69, 9.17) is 5.73 Å². The quantitative estimate of drug-likeness (QED) is 0.502. The van der Waals surface area contributed by atoms with E-state index in [1.54, 1.807) is 0 Å². The lowest BCUT2D eigenvalue weighted by molar-refractivity contribution is 0.427. The van der Waals surface area contributed by atoms with Gasteiger partial charge < -0.3 is 5.73 Å². The Hall–Kier alpha value is -0.0400. The van der Waals surface area contributed by atoms with Crippen LogP contribution < -0.4 is 5.73 Å². The van der Waals surface area contributed by atoms with Crippen molar-refractivity contribution in [3.8, 4) is 0 Å². The van der Waals surface area contributed by atoms with Crippen molar-refractivity contribution in [2.75, 3.05) is 6.54 Å². The fourth-order valence-electron chi connectivity index (χ4n) is 2.18. The molecule has 92 valence electrons. The first-order valence-electron chi connectivity index (χ1n) is 7.05. The highest BCUT2D eigenvalue weighted by atomic mass is 14.5. The van der Waals surface area contributed by atoms with Crippen molar-refractivity contribution in [1.29, 1.82) is 0 Å². The summed E-state index contributed by atoms with van der Waals surface area (Å²) in [6, 6.07) is 0. The number of hydrogen-bond donors (Lipinski definition) is 1. The Morgan fingerprint density at radius 2 is 1.33 bits per heavy atom. The van der Waals surface area contributed by atoms with Crippen LogP contribution in [-0.2, 0) is 0 Å². The van der Waals surface area contributed by atoms with Gasteiger partial charge in [-0.1, -0.05) is 65.2 Å². The average molecular weight is 213 g/mol. The van der Waals surface area contributed by atoms with E-state index < -0.39 is 0 Å². The van der Waals surface area contributed by atoms with Gasteiger partial charge in [-0.3, -0.25) is 0 Å². The van der Waals surface area contributed by atoms with Gasteiger partial charge in [0.25, 0.3) is 0 Å². The van der Waals surface area contributed by atoms with E-state index in [2.05, 4.69) is 13.8 Å². The second kappa shape index (κ2) is 12.0. The summed E-state index contributed by atoms with van der Waals surface area (Å²) < 4.78 is 0. The fourth-order valence-corrected chi connectivity index (χ4v) is 2.18. The van der Waals surface area contributed by atoms with Crippen LogP contribution in [0.25, 0.3) is 0 Å². The van der Waals surface area contributed by atoms with Crippen LogP contribution >= 0.6 is 0 Å². The minimum absolute atomic E-state index is 0.797. The highest BCUT2D eigenvalue weighted by Gasteiger charge is 2.04. The van der Waals surface area contributed by atoms with Gasteiger partial charge in [-0.2, -0.15) is 0 Å². The molecule has 0 spiro atoms. The molecule has 0 aromatic heterocycles. The molecular weight excluding hydrogens is 182 g/mol. The largest absolute Gasteiger partial charge is 0.330 e. The third kappa shape index (κ3) is 10.2. The molecule has 0 fully saturated rings. The van der Waals surface area contributed by atoms with Crippen LogP contribution in [0.2, 0.25) is 0 Å². The Labute approximate surface area is 96.8 Å². The molecule has 0 aromatic rings.